The maximum absolute atomic E-state index is 14.4. The Balaban J connectivity index is 2.39. The highest BCUT2D eigenvalue weighted by atomic mass is 19.1. The lowest BCUT2D eigenvalue weighted by Gasteiger charge is -2.24. The van der Waals surface area contributed by atoms with Crippen molar-refractivity contribution in [3.63, 3.8) is 0 Å². The number of ether oxygens (including phenoxy) is 1. The van der Waals surface area contributed by atoms with Crippen molar-refractivity contribution in [1.82, 2.24) is 4.90 Å². The molecule has 0 aliphatic carbocycles. The molecule has 1 aliphatic rings. The fourth-order valence-corrected chi connectivity index (χ4v) is 2.34. The minimum atomic E-state index is -1.65. The van der Waals surface area contributed by atoms with Gasteiger partial charge in [0, 0.05) is 18.6 Å². The maximum Gasteiger partial charge on any atom is 0.643 e. The first kappa shape index (κ1) is 18.9. The highest BCUT2D eigenvalue weighted by Gasteiger charge is 2.39. The van der Waals surface area contributed by atoms with Gasteiger partial charge in [-0.1, -0.05) is 6.08 Å². The summed E-state index contributed by atoms with van der Waals surface area (Å²) < 4.78 is 43.6. The van der Waals surface area contributed by atoms with E-state index in [1.165, 1.54) is 11.9 Å². The zero-order chi connectivity index (χ0) is 18.6. The van der Waals surface area contributed by atoms with Crippen LogP contribution in [0, 0.1) is 11.6 Å². The zero-order valence-corrected chi connectivity index (χ0v) is 14.0. The Morgan fingerprint density at radius 2 is 1.92 bits per heavy atom. The van der Waals surface area contributed by atoms with Crippen molar-refractivity contribution >= 4 is 24.5 Å². The lowest BCUT2D eigenvalue weighted by atomic mass is 9.77. The van der Waals surface area contributed by atoms with E-state index in [1.807, 2.05) is 0 Å². The Hall–Kier alpha value is -2.42. The summed E-state index contributed by atoms with van der Waals surface area (Å²) in [5.41, 5.74) is -0.344. The van der Waals surface area contributed by atoms with Gasteiger partial charge in [-0.25, -0.2) is 8.78 Å². The minimum absolute atomic E-state index is 0.169. The molecular weight excluding hydrogens is 335 g/mol. The molecule has 1 fully saturated rings. The number of halogens is 2. The number of carbonyl (C=O) groups excluding carboxylic acids is 2. The number of carbonyl (C=O) groups is 2. The third kappa shape index (κ3) is 5.03. The average molecular weight is 353 g/mol. The summed E-state index contributed by atoms with van der Waals surface area (Å²) in [4.78, 5) is 25.1. The molecule has 1 aromatic carbocycles. The van der Waals surface area contributed by atoms with Crippen LogP contribution in [0.25, 0.3) is 0 Å². The summed E-state index contributed by atoms with van der Waals surface area (Å²) in [6.45, 7) is 4.91. The third-order valence-electron chi connectivity index (χ3n) is 3.39. The van der Waals surface area contributed by atoms with Gasteiger partial charge >= 0.3 is 19.1 Å². The molecule has 6 nitrogen and oxygen atoms in total. The van der Waals surface area contributed by atoms with Crippen LogP contribution in [-0.2, 0) is 18.9 Å². The van der Waals surface area contributed by atoms with E-state index in [0.29, 0.717) is 12.5 Å². The molecule has 0 bridgehead atoms. The molecule has 1 aromatic rings. The van der Waals surface area contributed by atoms with Crippen molar-refractivity contribution in [3.05, 3.63) is 36.4 Å². The first-order valence-corrected chi connectivity index (χ1v) is 7.64. The van der Waals surface area contributed by atoms with Crippen LogP contribution in [0.2, 0.25) is 0 Å². The summed E-state index contributed by atoms with van der Waals surface area (Å²) in [6.07, 6.45) is 1.57. The van der Waals surface area contributed by atoms with Gasteiger partial charge in [0.1, 0.15) is 17.4 Å². The van der Waals surface area contributed by atoms with Crippen LogP contribution < -0.4 is 10.2 Å². The minimum Gasteiger partial charge on any atom is -0.494 e. The van der Waals surface area contributed by atoms with E-state index in [4.69, 9.17) is 14.0 Å². The van der Waals surface area contributed by atoms with Gasteiger partial charge in [-0.3, -0.25) is 14.5 Å². The average Bonchev–Trinajstić information content (AvgIpc) is 2.44. The Bertz CT molecular complexity index is 665. The van der Waals surface area contributed by atoms with Crippen molar-refractivity contribution in [1.29, 1.82) is 0 Å². The summed E-state index contributed by atoms with van der Waals surface area (Å²) in [7, 11) is -0.118. The van der Waals surface area contributed by atoms with Crippen LogP contribution in [0.5, 0.6) is 5.75 Å². The quantitative estimate of drug-likeness (QED) is 0.582. The van der Waals surface area contributed by atoms with E-state index in [-0.39, 0.29) is 24.3 Å². The van der Waals surface area contributed by atoms with E-state index >= 15 is 0 Å². The number of likely N-dealkylation sites (N-methyl/N-ethyl adjacent to an activating group) is 1. The van der Waals surface area contributed by atoms with Crippen LogP contribution in [0.3, 0.4) is 0 Å². The van der Waals surface area contributed by atoms with Gasteiger partial charge in [-0.15, -0.1) is 6.58 Å². The van der Waals surface area contributed by atoms with Gasteiger partial charge in [0.05, 0.1) is 24.7 Å². The van der Waals surface area contributed by atoms with Crippen LogP contribution in [-0.4, -0.2) is 50.2 Å². The molecule has 0 spiro atoms. The predicted molar refractivity (Wildman–Crippen MR) is 86.3 cm³/mol. The largest absolute Gasteiger partial charge is 0.643 e. The smallest absolute Gasteiger partial charge is 0.494 e. The van der Waals surface area contributed by atoms with E-state index in [0.717, 1.165) is 6.07 Å². The van der Waals surface area contributed by atoms with Gasteiger partial charge in [0.15, 0.2) is 0 Å². The van der Waals surface area contributed by atoms with Crippen molar-refractivity contribution in [2.24, 2.45) is 0 Å². The molecule has 0 N–H and O–H groups in total. The molecule has 0 amide bonds. The standard InChI is InChI=1S/C16H18BF2NO5/c1-4-5-10(2)23-13-7-11(18)6-12(19)16(13)17-24-14(21)8-20(3)9-15(22)25-17/h4,6-7,10H,1,5,8-9H2,2-3H3. The zero-order valence-electron chi connectivity index (χ0n) is 14.0. The van der Waals surface area contributed by atoms with Gasteiger partial charge in [-0.05, 0) is 14.0 Å². The van der Waals surface area contributed by atoms with Crippen molar-refractivity contribution in [2.75, 3.05) is 20.1 Å². The lowest BCUT2D eigenvalue weighted by Crippen LogP contribution is -2.49. The molecular formula is C16H18BF2NO5. The van der Waals surface area contributed by atoms with E-state index in [2.05, 4.69) is 6.58 Å². The lowest BCUT2D eigenvalue weighted by molar-refractivity contribution is -0.145. The van der Waals surface area contributed by atoms with Gasteiger partial charge in [-0.2, -0.15) is 0 Å². The fraction of sp³-hybridized carbons (Fsp3) is 0.375. The topological polar surface area (TPSA) is 65.1 Å². The van der Waals surface area contributed by atoms with Crippen LogP contribution >= 0.6 is 0 Å². The second-order valence-electron chi connectivity index (χ2n) is 5.74. The Labute approximate surface area is 144 Å². The number of nitrogens with zero attached hydrogens (tertiary/aromatic N) is 1. The fourth-order valence-electron chi connectivity index (χ4n) is 2.34. The van der Waals surface area contributed by atoms with Gasteiger partial charge in [0.25, 0.3) is 0 Å². The highest BCUT2D eigenvalue weighted by Crippen LogP contribution is 2.18. The summed E-state index contributed by atoms with van der Waals surface area (Å²) >= 11 is 0. The summed E-state index contributed by atoms with van der Waals surface area (Å²) in [5.74, 6) is -3.54. The van der Waals surface area contributed by atoms with Crippen LogP contribution in [0.15, 0.2) is 24.8 Å². The Morgan fingerprint density at radius 3 is 2.48 bits per heavy atom. The van der Waals surface area contributed by atoms with Crippen molar-refractivity contribution in [3.8, 4) is 5.75 Å². The molecule has 1 heterocycles. The number of rotatable bonds is 5. The number of benzene rings is 1. The molecule has 0 aromatic heterocycles. The molecule has 0 saturated carbocycles. The molecule has 2 rings (SSSR count). The van der Waals surface area contributed by atoms with Crippen LogP contribution in [0.1, 0.15) is 13.3 Å². The van der Waals surface area contributed by atoms with Crippen molar-refractivity contribution < 1.29 is 32.4 Å². The predicted octanol–water partition coefficient (Wildman–Crippen LogP) is 1.04. The molecule has 25 heavy (non-hydrogen) atoms. The van der Waals surface area contributed by atoms with E-state index in [1.54, 1.807) is 13.0 Å². The molecule has 0 radical (unpaired) electrons. The Morgan fingerprint density at radius 1 is 1.32 bits per heavy atom. The summed E-state index contributed by atoms with van der Waals surface area (Å²) in [6, 6.07) is 1.55. The normalized spacial score (nSPS) is 17.2. The molecule has 1 unspecified atom stereocenters. The van der Waals surface area contributed by atoms with Crippen LogP contribution in [0.4, 0.5) is 8.78 Å². The third-order valence-corrected chi connectivity index (χ3v) is 3.39. The first-order chi connectivity index (χ1) is 11.8. The molecule has 9 heteroatoms. The van der Waals surface area contributed by atoms with E-state index in [9.17, 15) is 18.4 Å². The molecule has 134 valence electrons. The Kier molecular flexibility index (Phi) is 6.14. The molecule has 1 atom stereocenters. The first-order valence-electron chi connectivity index (χ1n) is 7.64. The van der Waals surface area contributed by atoms with Crippen molar-refractivity contribution in [2.45, 2.75) is 19.4 Å². The number of hydrogen-bond donors (Lipinski definition) is 0. The second kappa shape index (κ2) is 8.11. The highest BCUT2D eigenvalue weighted by molar-refractivity contribution is 6.65. The molecule has 1 saturated heterocycles. The SMILES string of the molecule is C=CCC(C)Oc1cc(F)cc(F)c1B1OC(=O)CN(C)CC(=O)O1. The number of hydrogen-bond acceptors (Lipinski definition) is 6. The van der Waals surface area contributed by atoms with E-state index < -0.39 is 36.8 Å². The van der Waals surface area contributed by atoms with Gasteiger partial charge in [0.2, 0.25) is 0 Å². The second-order valence-corrected chi connectivity index (χ2v) is 5.74. The van der Waals surface area contributed by atoms with Gasteiger partial charge < -0.3 is 14.0 Å². The monoisotopic (exact) mass is 353 g/mol. The maximum atomic E-state index is 14.4. The summed E-state index contributed by atoms with van der Waals surface area (Å²) in [5, 5.41) is 0. The molecule has 1 aliphatic heterocycles.